The van der Waals surface area contributed by atoms with Gasteiger partial charge in [0.05, 0.1) is 6.42 Å². The standard InChI is InChI=1S/C21H26F4N6/c1-26-20(28-9-7-21(23,24)25)29-15-16-6-8-27-19(14-16)31-12-10-30(11-13-31)18-4-2-17(22)3-5-18/h2-6,8,14H,7,9-13,15H2,1H3,(H2,26,28,29). The van der Waals surface area contributed by atoms with Crippen LogP contribution in [0.25, 0.3) is 0 Å². The second-order valence-corrected chi connectivity index (χ2v) is 7.19. The molecule has 0 unspecified atom stereocenters. The van der Waals surface area contributed by atoms with Crippen LogP contribution in [0.3, 0.4) is 0 Å². The van der Waals surface area contributed by atoms with Crippen LogP contribution in [-0.2, 0) is 6.54 Å². The van der Waals surface area contributed by atoms with Crippen LogP contribution in [0, 0.1) is 5.82 Å². The molecular weight excluding hydrogens is 412 g/mol. The van der Waals surface area contributed by atoms with Gasteiger partial charge in [-0.2, -0.15) is 13.2 Å². The summed E-state index contributed by atoms with van der Waals surface area (Å²) in [5.74, 6) is 0.914. The molecule has 2 N–H and O–H groups in total. The van der Waals surface area contributed by atoms with E-state index in [0.29, 0.717) is 12.5 Å². The molecule has 0 atom stereocenters. The molecule has 31 heavy (non-hydrogen) atoms. The third-order valence-electron chi connectivity index (χ3n) is 4.99. The van der Waals surface area contributed by atoms with Gasteiger partial charge in [-0.1, -0.05) is 0 Å². The van der Waals surface area contributed by atoms with E-state index >= 15 is 0 Å². The zero-order valence-corrected chi connectivity index (χ0v) is 17.3. The Morgan fingerprint density at radius 3 is 2.35 bits per heavy atom. The summed E-state index contributed by atoms with van der Waals surface area (Å²) < 4.78 is 50.0. The Morgan fingerprint density at radius 2 is 1.71 bits per heavy atom. The van der Waals surface area contributed by atoms with Gasteiger partial charge >= 0.3 is 6.18 Å². The van der Waals surface area contributed by atoms with Crippen LogP contribution in [0.5, 0.6) is 0 Å². The molecule has 0 spiro atoms. The summed E-state index contributed by atoms with van der Waals surface area (Å²) in [4.78, 5) is 12.8. The van der Waals surface area contributed by atoms with Crippen molar-refractivity contribution in [3.05, 3.63) is 54.0 Å². The number of hydrogen-bond donors (Lipinski definition) is 2. The van der Waals surface area contributed by atoms with Gasteiger partial charge in [-0.05, 0) is 42.0 Å². The fourth-order valence-electron chi connectivity index (χ4n) is 3.32. The number of pyridine rings is 1. The summed E-state index contributed by atoms with van der Waals surface area (Å²) >= 11 is 0. The van der Waals surface area contributed by atoms with Gasteiger partial charge in [0.2, 0.25) is 0 Å². The maximum absolute atomic E-state index is 13.1. The molecule has 10 heteroatoms. The van der Waals surface area contributed by atoms with E-state index in [1.54, 1.807) is 18.3 Å². The Hall–Kier alpha value is -3.04. The summed E-state index contributed by atoms with van der Waals surface area (Å²) in [7, 11) is 1.52. The number of hydrogen-bond acceptors (Lipinski definition) is 4. The number of guanidine groups is 1. The number of aromatic nitrogens is 1. The van der Waals surface area contributed by atoms with Gasteiger partial charge in [0, 0.05) is 58.2 Å². The highest BCUT2D eigenvalue weighted by Gasteiger charge is 2.26. The Bertz CT molecular complexity index is 861. The Kier molecular flexibility index (Phi) is 7.54. The molecule has 168 valence electrons. The molecule has 1 aromatic heterocycles. The van der Waals surface area contributed by atoms with Crippen molar-refractivity contribution in [3.63, 3.8) is 0 Å². The first-order chi connectivity index (χ1) is 14.8. The molecule has 1 aliphatic rings. The van der Waals surface area contributed by atoms with E-state index in [1.807, 2.05) is 12.1 Å². The van der Waals surface area contributed by atoms with Crippen molar-refractivity contribution >= 4 is 17.5 Å². The largest absolute Gasteiger partial charge is 0.390 e. The number of rotatable bonds is 6. The number of halogens is 4. The quantitative estimate of drug-likeness (QED) is 0.412. The number of nitrogens with zero attached hydrogens (tertiary/aromatic N) is 4. The molecule has 1 fully saturated rings. The average molecular weight is 438 g/mol. The van der Waals surface area contributed by atoms with Crippen LogP contribution in [0.2, 0.25) is 0 Å². The summed E-state index contributed by atoms with van der Waals surface area (Å²) in [6.07, 6.45) is -3.40. The highest BCUT2D eigenvalue weighted by atomic mass is 19.4. The number of piperazine rings is 1. The molecule has 0 amide bonds. The van der Waals surface area contributed by atoms with E-state index < -0.39 is 12.6 Å². The van der Waals surface area contributed by atoms with Gasteiger partial charge < -0.3 is 20.4 Å². The van der Waals surface area contributed by atoms with Crippen LogP contribution in [-0.4, -0.2) is 56.9 Å². The number of nitrogens with one attached hydrogen (secondary N) is 2. The predicted molar refractivity (Wildman–Crippen MR) is 114 cm³/mol. The predicted octanol–water partition coefficient (Wildman–Crippen LogP) is 3.16. The summed E-state index contributed by atoms with van der Waals surface area (Å²) in [6, 6.07) is 10.3. The molecule has 2 aromatic rings. The van der Waals surface area contributed by atoms with Crippen molar-refractivity contribution in [2.45, 2.75) is 19.1 Å². The molecule has 1 aromatic carbocycles. The van der Waals surface area contributed by atoms with Crippen molar-refractivity contribution in [3.8, 4) is 0 Å². The van der Waals surface area contributed by atoms with E-state index in [1.165, 1.54) is 19.2 Å². The number of anilines is 2. The third-order valence-corrected chi connectivity index (χ3v) is 4.99. The van der Waals surface area contributed by atoms with Crippen LogP contribution in [0.15, 0.2) is 47.6 Å². The minimum absolute atomic E-state index is 0.233. The number of aliphatic imine (C=N–C) groups is 1. The first-order valence-electron chi connectivity index (χ1n) is 10.1. The lowest BCUT2D eigenvalue weighted by Crippen LogP contribution is -2.46. The van der Waals surface area contributed by atoms with E-state index in [9.17, 15) is 17.6 Å². The molecule has 0 bridgehead atoms. The first-order valence-corrected chi connectivity index (χ1v) is 10.1. The lowest BCUT2D eigenvalue weighted by molar-refractivity contribution is -0.132. The van der Waals surface area contributed by atoms with Crippen LogP contribution >= 0.6 is 0 Å². The third kappa shape index (κ3) is 7.01. The topological polar surface area (TPSA) is 55.8 Å². The van der Waals surface area contributed by atoms with Crippen LogP contribution in [0.4, 0.5) is 29.1 Å². The van der Waals surface area contributed by atoms with Crippen LogP contribution in [0.1, 0.15) is 12.0 Å². The van der Waals surface area contributed by atoms with Gasteiger partial charge in [0.15, 0.2) is 5.96 Å². The smallest absolute Gasteiger partial charge is 0.368 e. The van der Waals surface area contributed by atoms with Crippen molar-refractivity contribution in [1.82, 2.24) is 15.6 Å². The average Bonchev–Trinajstić information content (AvgIpc) is 2.76. The molecule has 3 rings (SSSR count). The van der Waals surface area contributed by atoms with Crippen molar-refractivity contribution in [2.24, 2.45) is 4.99 Å². The van der Waals surface area contributed by atoms with Gasteiger partial charge in [0.25, 0.3) is 0 Å². The highest BCUT2D eigenvalue weighted by Crippen LogP contribution is 2.20. The van der Waals surface area contributed by atoms with E-state index in [-0.39, 0.29) is 12.4 Å². The maximum Gasteiger partial charge on any atom is 0.390 e. The van der Waals surface area contributed by atoms with E-state index in [2.05, 4.69) is 30.4 Å². The SMILES string of the molecule is CN=C(NCCC(F)(F)F)NCc1ccnc(N2CCN(c3ccc(F)cc3)CC2)c1. The molecule has 6 nitrogen and oxygen atoms in total. The molecule has 0 radical (unpaired) electrons. The minimum Gasteiger partial charge on any atom is -0.368 e. The Labute approximate surface area is 179 Å². The highest BCUT2D eigenvalue weighted by molar-refractivity contribution is 5.79. The molecule has 2 heterocycles. The van der Waals surface area contributed by atoms with Crippen molar-refractivity contribution < 1.29 is 17.6 Å². The van der Waals surface area contributed by atoms with Gasteiger partial charge in [-0.25, -0.2) is 9.37 Å². The molecule has 0 aliphatic carbocycles. The summed E-state index contributed by atoms with van der Waals surface area (Å²) in [6.45, 7) is 3.33. The summed E-state index contributed by atoms with van der Waals surface area (Å²) in [5, 5.41) is 5.68. The lowest BCUT2D eigenvalue weighted by Gasteiger charge is -2.36. The second kappa shape index (κ2) is 10.3. The molecule has 0 saturated carbocycles. The molecular formula is C21H26F4N6. The fourth-order valence-corrected chi connectivity index (χ4v) is 3.32. The minimum atomic E-state index is -4.20. The lowest BCUT2D eigenvalue weighted by atomic mass is 10.2. The van der Waals surface area contributed by atoms with Gasteiger partial charge in [-0.3, -0.25) is 4.99 Å². The zero-order valence-electron chi connectivity index (χ0n) is 17.3. The maximum atomic E-state index is 13.1. The van der Waals surface area contributed by atoms with Crippen molar-refractivity contribution in [2.75, 3.05) is 49.6 Å². The fraction of sp³-hybridized carbons (Fsp3) is 0.429. The second-order valence-electron chi connectivity index (χ2n) is 7.19. The number of alkyl halides is 3. The molecule has 1 aliphatic heterocycles. The monoisotopic (exact) mass is 438 g/mol. The first kappa shape index (κ1) is 22.6. The van der Waals surface area contributed by atoms with E-state index in [4.69, 9.17) is 0 Å². The van der Waals surface area contributed by atoms with Gasteiger partial charge in [0.1, 0.15) is 11.6 Å². The zero-order chi connectivity index (χ0) is 22.3. The Balaban J connectivity index is 1.50. The van der Waals surface area contributed by atoms with E-state index in [0.717, 1.165) is 43.2 Å². The number of benzene rings is 1. The van der Waals surface area contributed by atoms with Gasteiger partial charge in [-0.15, -0.1) is 0 Å². The van der Waals surface area contributed by atoms with Crippen LogP contribution < -0.4 is 20.4 Å². The molecule has 1 saturated heterocycles. The summed E-state index contributed by atoms with van der Waals surface area (Å²) in [5.41, 5.74) is 1.95. The normalized spacial score (nSPS) is 15.2. The van der Waals surface area contributed by atoms with Crippen molar-refractivity contribution in [1.29, 1.82) is 0 Å². The Morgan fingerprint density at radius 1 is 1.03 bits per heavy atom.